The van der Waals surface area contributed by atoms with Gasteiger partial charge in [-0.2, -0.15) is 5.10 Å². The van der Waals surface area contributed by atoms with Crippen LogP contribution in [0, 0.1) is 25.7 Å². The summed E-state index contributed by atoms with van der Waals surface area (Å²) in [5, 5.41) is 5.42. The number of hydrogen-bond acceptors (Lipinski definition) is 5. The Bertz CT molecular complexity index is 1140. The van der Waals surface area contributed by atoms with Crippen LogP contribution in [0.5, 0.6) is 0 Å². The number of ether oxygens (including phenoxy) is 1. The number of aromatic nitrogens is 3. The number of pyridine rings is 1. The second kappa shape index (κ2) is 8.49. The van der Waals surface area contributed by atoms with Crippen molar-refractivity contribution in [1.29, 1.82) is 0 Å². The topological polar surface area (TPSA) is 77.3 Å². The van der Waals surface area contributed by atoms with E-state index in [1.807, 2.05) is 67.7 Å². The normalized spacial score (nSPS) is 17.5. The Labute approximate surface area is 182 Å². The first-order valence-corrected chi connectivity index (χ1v) is 10.7. The van der Waals surface area contributed by atoms with Gasteiger partial charge < -0.3 is 9.64 Å². The number of aryl methyl sites for hydroxylation is 2. The third-order valence-electron chi connectivity index (χ3n) is 6.10. The first-order chi connectivity index (χ1) is 14.9. The van der Waals surface area contributed by atoms with Crippen LogP contribution in [0.1, 0.15) is 40.7 Å². The number of para-hydroxylation sites is 1. The van der Waals surface area contributed by atoms with Crippen LogP contribution in [-0.2, 0) is 23.1 Å². The van der Waals surface area contributed by atoms with Crippen molar-refractivity contribution >= 4 is 22.8 Å². The summed E-state index contributed by atoms with van der Waals surface area (Å²) in [6.45, 7) is 7.11. The number of hydrogen-bond donors (Lipinski definition) is 0. The molecule has 0 aliphatic heterocycles. The van der Waals surface area contributed by atoms with Crippen molar-refractivity contribution in [3.8, 4) is 0 Å². The Hall–Kier alpha value is -3.22. The first kappa shape index (κ1) is 21.0. The van der Waals surface area contributed by atoms with E-state index in [2.05, 4.69) is 10.1 Å². The molecule has 1 aromatic carbocycles. The predicted octanol–water partition coefficient (Wildman–Crippen LogP) is 3.43. The molecule has 2 heterocycles. The second-order valence-electron chi connectivity index (χ2n) is 8.23. The van der Waals surface area contributed by atoms with Crippen molar-refractivity contribution in [2.45, 2.75) is 33.7 Å². The third kappa shape index (κ3) is 4.31. The van der Waals surface area contributed by atoms with E-state index in [0.717, 1.165) is 34.3 Å². The van der Waals surface area contributed by atoms with Crippen molar-refractivity contribution in [2.75, 3.05) is 13.2 Å². The summed E-state index contributed by atoms with van der Waals surface area (Å²) < 4.78 is 7.00. The zero-order valence-electron chi connectivity index (χ0n) is 18.5. The number of amides is 1. The van der Waals surface area contributed by atoms with Crippen LogP contribution in [0.4, 0.5) is 0 Å². The van der Waals surface area contributed by atoms with Gasteiger partial charge in [0, 0.05) is 43.0 Å². The molecular weight excluding hydrogens is 392 g/mol. The molecule has 1 fully saturated rings. The highest BCUT2D eigenvalue weighted by Crippen LogP contribution is 2.40. The van der Waals surface area contributed by atoms with Gasteiger partial charge in [0.1, 0.15) is 0 Å². The van der Waals surface area contributed by atoms with Gasteiger partial charge in [-0.3, -0.25) is 19.3 Å². The Morgan fingerprint density at radius 2 is 2.03 bits per heavy atom. The second-order valence-corrected chi connectivity index (χ2v) is 8.23. The molecule has 1 saturated carbocycles. The molecule has 2 aromatic heterocycles. The maximum Gasteiger partial charge on any atom is 0.309 e. The maximum absolute atomic E-state index is 13.5. The molecule has 0 unspecified atom stereocenters. The lowest BCUT2D eigenvalue weighted by Gasteiger charge is -2.23. The Morgan fingerprint density at radius 3 is 2.74 bits per heavy atom. The number of benzene rings is 1. The molecule has 0 bridgehead atoms. The van der Waals surface area contributed by atoms with E-state index < -0.39 is 0 Å². The van der Waals surface area contributed by atoms with Gasteiger partial charge in [-0.05, 0) is 45.2 Å². The molecule has 2 atom stereocenters. The number of carbonyl (C=O) groups is 2. The van der Waals surface area contributed by atoms with Crippen LogP contribution in [0.25, 0.3) is 10.9 Å². The maximum atomic E-state index is 13.5. The van der Waals surface area contributed by atoms with Gasteiger partial charge in [-0.25, -0.2) is 0 Å². The van der Waals surface area contributed by atoms with Crippen LogP contribution in [0.15, 0.2) is 36.5 Å². The molecule has 3 aromatic rings. The monoisotopic (exact) mass is 420 g/mol. The summed E-state index contributed by atoms with van der Waals surface area (Å²) in [6.07, 6.45) is 2.39. The zero-order chi connectivity index (χ0) is 22.1. The average Bonchev–Trinajstić information content (AvgIpc) is 3.49. The molecule has 0 spiro atoms. The third-order valence-corrected chi connectivity index (χ3v) is 6.10. The molecule has 162 valence electrons. The molecule has 4 rings (SSSR count). The summed E-state index contributed by atoms with van der Waals surface area (Å²) >= 11 is 0. The van der Waals surface area contributed by atoms with E-state index in [0.29, 0.717) is 25.3 Å². The van der Waals surface area contributed by atoms with Crippen molar-refractivity contribution in [1.82, 2.24) is 19.7 Å². The van der Waals surface area contributed by atoms with Crippen LogP contribution in [-0.4, -0.2) is 44.7 Å². The molecule has 31 heavy (non-hydrogen) atoms. The van der Waals surface area contributed by atoms with E-state index in [-0.39, 0.29) is 23.7 Å². The Morgan fingerprint density at radius 1 is 1.26 bits per heavy atom. The SMILES string of the molecule is CCOC(=O)[C@@H]1C[C@@H]1CN(Cc1c(C)nn(C)c1C)C(=O)c1cnc2ccccc2c1. The van der Waals surface area contributed by atoms with Gasteiger partial charge in [0.05, 0.1) is 29.3 Å². The fourth-order valence-corrected chi connectivity index (χ4v) is 4.10. The molecule has 0 saturated heterocycles. The summed E-state index contributed by atoms with van der Waals surface area (Å²) in [5.41, 5.74) is 4.38. The lowest BCUT2D eigenvalue weighted by atomic mass is 10.1. The van der Waals surface area contributed by atoms with Crippen LogP contribution in [0.3, 0.4) is 0 Å². The van der Waals surface area contributed by atoms with Crippen molar-refractivity contribution in [3.63, 3.8) is 0 Å². The highest BCUT2D eigenvalue weighted by atomic mass is 16.5. The largest absolute Gasteiger partial charge is 0.466 e. The molecule has 0 radical (unpaired) electrons. The number of nitrogens with zero attached hydrogens (tertiary/aromatic N) is 4. The first-order valence-electron chi connectivity index (χ1n) is 10.7. The van der Waals surface area contributed by atoms with Gasteiger partial charge in [0.2, 0.25) is 0 Å². The van der Waals surface area contributed by atoms with E-state index in [4.69, 9.17) is 4.74 Å². The average molecular weight is 421 g/mol. The highest BCUT2D eigenvalue weighted by Gasteiger charge is 2.45. The standard InChI is InChI=1S/C24H28N4O3/c1-5-31-24(30)20-11-19(20)13-28(14-21-15(2)26-27(4)16(21)3)23(29)18-10-17-8-6-7-9-22(17)25-12-18/h6-10,12,19-20H,5,11,13-14H2,1-4H3/t19-,20-/m1/s1. The minimum atomic E-state index is -0.166. The van der Waals surface area contributed by atoms with Gasteiger partial charge >= 0.3 is 5.97 Å². The van der Waals surface area contributed by atoms with Crippen molar-refractivity contribution < 1.29 is 14.3 Å². The number of rotatable bonds is 7. The van der Waals surface area contributed by atoms with Gasteiger partial charge in [-0.1, -0.05) is 18.2 Å². The van der Waals surface area contributed by atoms with E-state index >= 15 is 0 Å². The van der Waals surface area contributed by atoms with Crippen LogP contribution in [0.2, 0.25) is 0 Å². The number of fused-ring (bicyclic) bond motifs is 1. The fraction of sp³-hybridized carbons (Fsp3) is 0.417. The van der Waals surface area contributed by atoms with Gasteiger partial charge in [0.15, 0.2) is 0 Å². The lowest BCUT2D eigenvalue weighted by molar-refractivity contribution is -0.145. The summed E-state index contributed by atoms with van der Waals surface area (Å²) in [5.74, 6) is -0.258. The summed E-state index contributed by atoms with van der Waals surface area (Å²) in [7, 11) is 1.91. The smallest absolute Gasteiger partial charge is 0.309 e. The van der Waals surface area contributed by atoms with Crippen LogP contribution < -0.4 is 0 Å². The summed E-state index contributed by atoms with van der Waals surface area (Å²) in [6, 6.07) is 9.64. The zero-order valence-corrected chi connectivity index (χ0v) is 18.5. The molecular formula is C24H28N4O3. The molecule has 7 heteroatoms. The highest BCUT2D eigenvalue weighted by molar-refractivity contribution is 5.97. The van der Waals surface area contributed by atoms with E-state index in [1.54, 1.807) is 6.20 Å². The Kier molecular flexibility index (Phi) is 5.76. The molecule has 1 aliphatic carbocycles. The molecule has 7 nitrogen and oxygen atoms in total. The van der Waals surface area contributed by atoms with Crippen molar-refractivity contribution in [2.24, 2.45) is 18.9 Å². The number of esters is 1. The molecule has 1 amide bonds. The minimum absolute atomic E-state index is 0.0876. The lowest BCUT2D eigenvalue weighted by Crippen LogP contribution is -2.33. The van der Waals surface area contributed by atoms with Gasteiger partial charge in [-0.15, -0.1) is 0 Å². The van der Waals surface area contributed by atoms with Crippen molar-refractivity contribution in [3.05, 3.63) is 59.0 Å². The predicted molar refractivity (Wildman–Crippen MR) is 117 cm³/mol. The summed E-state index contributed by atoms with van der Waals surface area (Å²) in [4.78, 5) is 31.9. The van der Waals surface area contributed by atoms with E-state index in [9.17, 15) is 9.59 Å². The quantitative estimate of drug-likeness (QED) is 0.547. The fourth-order valence-electron chi connectivity index (χ4n) is 4.10. The molecule has 0 N–H and O–H groups in total. The minimum Gasteiger partial charge on any atom is -0.466 e. The van der Waals surface area contributed by atoms with Crippen LogP contribution >= 0.6 is 0 Å². The van der Waals surface area contributed by atoms with E-state index in [1.165, 1.54) is 0 Å². The van der Waals surface area contributed by atoms with Gasteiger partial charge in [0.25, 0.3) is 5.91 Å². The Balaban J connectivity index is 1.60. The molecule has 1 aliphatic rings. The number of carbonyl (C=O) groups excluding carboxylic acids is 2.